The summed E-state index contributed by atoms with van der Waals surface area (Å²) in [5.74, 6) is 0.465. The van der Waals surface area contributed by atoms with E-state index in [4.69, 9.17) is 0 Å². The molecule has 0 radical (unpaired) electrons. The van der Waals surface area contributed by atoms with E-state index in [0.717, 1.165) is 66.6 Å². The number of aromatic nitrogens is 6. The minimum absolute atomic E-state index is 0. The average molecular weight is 846 g/mol. The summed E-state index contributed by atoms with van der Waals surface area (Å²) in [7, 11) is 0. The van der Waals surface area contributed by atoms with Gasteiger partial charge in [0.05, 0.1) is 12.4 Å². The molecule has 8 aromatic rings. The van der Waals surface area contributed by atoms with E-state index in [1.54, 1.807) is 12.4 Å². The zero-order valence-corrected chi connectivity index (χ0v) is 31.5. The van der Waals surface area contributed by atoms with Crippen molar-refractivity contribution in [1.29, 1.82) is 0 Å². The molecule has 0 N–H and O–H groups in total. The van der Waals surface area contributed by atoms with Crippen molar-refractivity contribution in [1.82, 2.24) is 29.7 Å². The van der Waals surface area contributed by atoms with Crippen LogP contribution in [0.4, 0.5) is 0 Å². The van der Waals surface area contributed by atoms with Crippen molar-refractivity contribution >= 4 is 21.8 Å². The first-order valence-corrected chi connectivity index (χ1v) is 16.3. The second-order valence-corrected chi connectivity index (χ2v) is 13.2. The number of benzene rings is 4. The van der Waals surface area contributed by atoms with E-state index in [1.807, 2.05) is 65.5 Å². The first kappa shape index (κ1) is 36.1. The zero-order valence-electron chi connectivity index (χ0n) is 28.4. The molecule has 0 aliphatic rings. The van der Waals surface area contributed by atoms with Gasteiger partial charge in [0.2, 0.25) is 0 Å². The standard InChI is InChI=1S/C43H32N6.2Pd/c1-42(2,31-13-9-11-29(25-31)37-15-5-7-21-44-37)33-17-19-35-36-20-18-34(28-40(36)49(39(35)27-33)41-46-23-24-47-48-41)43(3,4)32-14-10-12-30(26-32)38-16-6-8-22-45-38;;/h5-24H,1-4H3;;/q-4;2*+2. The minimum atomic E-state index is -0.415. The number of rotatable bonds is 7. The molecule has 0 saturated heterocycles. The van der Waals surface area contributed by atoms with Crippen LogP contribution in [0.1, 0.15) is 49.9 Å². The van der Waals surface area contributed by atoms with Crippen LogP contribution in [0.15, 0.2) is 122 Å². The molecular weight excluding hydrogens is 813 g/mol. The van der Waals surface area contributed by atoms with Crippen molar-refractivity contribution in [3.8, 4) is 28.5 Å². The van der Waals surface area contributed by atoms with Gasteiger partial charge in [0, 0.05) is 12.4 Å². The van der Waals surface area contributed by atoms with Crippen molar-refractivity contribution in [2.45, 2.75) is 38.5 Å². The second-order valence-electron chi connectivity index (χ2n) is 13.2. The maximum Gasteiger partial charge on any atom is 2.00 e. The molecule has 0 aliphatic carbocycles. The van der Waals surface area contributed by atoms with Crippen molar-refractivity contribution in [3.05, 3.63) is 168 Å². The minimum Gasteiger partial charge on any atom is -0.327 e. The molecule has 0 amide bonds. The summed E-state index contributed by atoms with van der Waals surface area (Å²) in [6, 6.07) is 47.8. The molecule has 0 unspecified atom stereocenters. The predicted octanol–water partition coefficient (Wildman–Crippen LogP) is 8.94. The maximum absolute atomic E-state index is 4.63. The fourth-order valence-electron chi connectivity index (χ4n) is 6.44. The van der Waals surface area contributed by atoms with Gasteiger partial charge in [-0.15, -0.1) is 75.9 Å². The Hall–Kier alpha value is -4.69. The van der Waals surface area contributed by atoms with Gasteiger partial charge in [0.15, 0.2) is 0 Å². The van der Waals surface area contributed by atoms with Gasteiger partial charge in [-0.05, 0) is 34.4 Å². The van der Waals surface area contributed by atoms with Crippen LogP contribution < -0.4 is 0 Å². The predicted molar refractivity (Wildman–Crippen MR) is 193 cm³/mol. The fourth-order valence-corrected chi connectivity index (χ4v) is 6.44. The van der Waals surface area contributed by atoms with Crippen molar-refractivity contribution < 1.29 is 40.8 Å². The SMILES string of the molecule is CC(C)(c1[c-]c(-c2ccccn2)ccc1)c1[c-]c2c(cc1)c1ccc(C(C)(C)c3[c-]c(-c4ccccn4)ccc3)[c-]c1n2-c1nccnn1.[Pd+2].[Pd+2]. The summed E-state index contributed by atoms with van der Waals surface area (Å²) >= 11 is 0. The fraction of sp³-hybridized carbons (Fsp3) is 0.140. The Kier molecular flexibility index (Phi) is 10.3. The van der Waals surface area contributed by atoms with E-state index in [9.17, 15) is 0 Å². The van der Waals surface area contributed by atoms with Crippen LogP contribution in [0.25, 0.3) is 50.3 Å². The van der Waals surface area contributed by atoms with Crippen LogP contribution >= 0.6 is 0 Å². The molecule has 6 nitrogen and oxygen atoms in total. The topological polar surface area (TPSA) is 69.4 Å². The molecule has 4 aromatic carbocycles. The van der Waals surface area contributed by atoms with Crippen LogP contribution in [-0.4, -0.2) is 29.7 Å². The molecule has 4 aromatic heterocycles. The van der Waals surface area contributed by atoms with Crippen molar-refractivity contribution in [2.75, 3.05) is 0 Å². The molecule has 0 aliphatic heterocycles. The van der Waals surface area contributed by atoms with Gasteiger partial charge in [-0.2, -0.15) is 63.4 Å². The normalized spacial score (nSPS) is 11.6. The third kappa shape index (κ3) is 6.62. The summed E-state index contributed by atoms with van der Waals surface area (Å²) in [6.45, 7) is 8.81. The van der Waals surface area contributed by atoms with E-state index >= 15 is 0 Å². The van der Waals surface area contributed by atoms with Crippen LogP contribution in [0.3, 0.4) is 0 Å². The monoisotopic (exact) mass is 844 g/mol. The Morgan fingerprint density at radius 1 is 0.471 bits per heavy atom. The summed E-state index contributed by atoms with van der Waals surface area (Å²) in [4.78, 5) is 13.7. The molecule has 254 valence electrons. The zero-order chi connectivity index (χ0) is 33.6. The average Bonchev–Trinajstić information content (AvgIpc) is 3.49. The quantitative estimate of drug-likeness (QED) is 0.119. The number of hydrogen-bond acceptors (Lipinski definition) is 5. The molecule has 51 heavy (non-hydrogen) atoms. The Morgan fingerprint density at radius 3 is 1.39 bits per heavy atom. The molecule has 0 bridgehead atoms. The number of fused-ring (bicyclic) bond motifs is 3. The summed E-state index contributed by atoms with van der Waals surface area (Å²) in [6.07, 6.45) is 6.87. The second kappa shape index (κ2) is 14.5. The first-order chi connectivity index (χ1) is 23.8. The Morgan fingerprint density at radius 2 is 0.961 bits per heavy atom. The van der Waals surface area contributed by atoms with E-state index in [0.29, 0.717) is 5.95 Å². The maximum atomic E-state index is 4.63. The number of hydrogen-bond donors (Lipinski definition) is 0. The Balaban J connectivity index is 0.00000224. The van der Waals surface area contributed by atoms with Gasteiger partial charge in [-0.25, -0.2) is 4.98 Å². The van der Waals surface area contributed by atoms with Gasteiger partial charge in [-0.3, -0.25) is 0 Å². The Bertz CT molecular complexity index is 2290. The van der Waals surface area contributed by atoms with Gasteiger partial charge in [0.1, 0.15) is 0 Å². The summed E-state index contributed by atoms with van der Waals surface area (Å²) in [5, 5.41) is 10.7. The van der Waals surface area contributed by atoms with Gasteiger partial charge >= 0.3 is 40.8 Å². The third-order valence-corrected chi connectivity index (χ3v) is 9.42. The van der Waals surface area contributed by atoms with E-state index in [1.165, 1.54) is 0 Å². The van der Waals surface area contributed by atoms with Crippen molar-refractivity contribution in [2.24, 2.45) is 0 Å². The molecule has 4 heterocycles. The molecule has 8 rings (SSSR count). The molecular formula is C43H32N6Pd2. The van der Waals surface area contributed by atoms with Gasteiger partial charge in [0.25, 0.3) is 5.95 Å². The molecule has 0 atom stereocenters. The summed E-state index contributed by atoms with van der Waals surface area (Å²) < 4.78 is 2.03. The Labute approximate surface area is 325 Å². The molecule has 0 fully saturated rings. The van der Waals surface area contributed by atoms with Crippen LogP contribution in [0.5, 0.6) is 0 Å². The van der Waals surface area contributed by atoms with Crippen LogP contribution in [-0.2, 0) is 51.7 Å². The van der Waals surface area contributed by atoms with E-state index in [-0.39, 0.29) is 40.8 Å². The molecule has 8 heteroatoms. The van der Waals surface area contributed by atoms with E-state index < -0.39 is 10.8 Å². The third-order valence-electron chi connectivity index (χ3n) is 9.42. The van der Waals surface area contributed by atoms with Gasteiger partial charge < -0.3 is 14.5 Å². The van der Waals surface area contributed by atoms with E-state index in [2.05, 4.69) is 126 Å². The molecule has 0 spiro atoms. The smallest absolute Gasteiger partial charge is 0.327 e. The van der Waals surface area contributed by atoms with Crippen LogP contribution in [0, 0.1) is 24.3 Å². The molecule has 0 saturated carbocycles. The number of nitrogens with zero attached hydrogens (tertiary/aromatic N) is 6. The largest absolute Gasteiger partial charge is 2.00 e. The van der Waals surface area contributed by atoms with Crippen LogP contribution in [0.2, 0.25) is 0 Å². The van der Waals surface area contributed by atoms with Gasteiger partial charge in [-0.1, -0.05) is 63.0 Å². The number of pyridine rings is 2. The first-order valence-electron chi connectivity index (χ1n) is 16.3. The summed E-state index contributed by atoms with van der Waals surface area (Å²) in [5.41, 5.74) is 8.73. The van der Waals surface area contributed by atoms with Crippen molar-refractivity contribution in [3.63, 3.8) is 0 Å².